The van der Waals surface area contributed by atoms with Crippen LogP contribution in [0.25, 0.3) is 0 Å². The predicted molar refractivity (Wildman–Crippen MR) is 58.6 cm³/mol. The van der Waals surface area contributed by atoms with E-state index in [4.69, 9.17) is 0 Å². The van der Waals surface area contributed by atoms with Crippen molar-refractivity contribution in [3.8, 4) is 0 Å². The molecular formula is C11H27N. The average Bonchev–Trinajstić information content (AvgIpc) is 2.05. The molecule has 0 radical (unpaired) electrons. The Morgan fingerprint density at radius 1 is 1.08 bits per heavy atom. The van der Waals surface area contributed by atoms with Crippen molar-refractivity contribution in [3.63, 3.8) is 0 Å². The SMILES string of the molecule is CC.CCCC(C)(C)CCNC. The van der Waals surface area contributed by atoms with Gasteiger partial charge in [0, 0.05) is 0 Å². The van der Waals surface area contributed by atoms with Gasteiger partial charge in [-0.05, 0) is 31.8 Å². The zero-order valence-corrected chi connectivity index (χ0v) is 9.83. The van der Waals surface area contributed by atoms with Gasteiger partial charge in [0.25, 0.3) is 0 Å². The molecule has 0 aromatic rings. The molecule has 0 bridgehead atoms. The van der Waals surface area contributed by atoms with E-state index in [1.807, 2.05) is 20.9 Å². The second kappa shape index (κ2) is 9.05. The first kappa shape index (κ1) is 14.5. The monoisotopic (exact) mass is 173 g/mol. The zero-order chi connectivity index (χ0) is 10.0. The van der Waals surface area contributed by atoms with Gasteiger partial charge in [-0.1, -0.05) is 41.0 Å². The van der Waals surface area contributed by atoms with Crippen molar-refractivity contribution < 1.29 is 0 Å². The lowest BCUT2D eigenvalue weighted by molar-refractivity contribution is 0.302. The highest BCUT2D eigenvalue weighted by Crippen LogP contribution is 2.25. The topological polar surface area (TPSA) is 12.0 Å². The highest BCUT2D eigenvalue weighted by atomic mass is 14.8. The lowest BCUT2D eigenvalue weighted by Crippen LogP contribution is -2.19. The van der Waals surface area contributed by atoms with Crippen molar-refractivity contribution in [2.75, 3.05) is 13.6 Å². The molecule has 0 aliphatic rings. The molecule has 0 aromatic heterocycles. The Hall–Kier alpha value is -0.0400. The van der Waals surface area contributed by atoms with Crippen molar-refractivity contribution >= 4 is 0 Å². The lowest BCUT2D eigenvalue weighted by Gasteiger charge is -2.23. The van der Waals surface area contributed by atoms with E-state index in [1.54, 1.807) is 0 Å². The highest BCUT2D eigenvalue weighted by Gasteiger charge is 2.14. The van der Waals surface area contributed by atoms with Crippen LogP contribution in [-0.4, -0.2) is 13.6 Å². The molecule has 0 aliphatic heterocycles. The fraction of sp³-hybridized carbons (Fsp3) is 1.00. The van der Waals surface area contributed by atoms with Crippen molar-refractivity contribution in [1.29, 1.82) is 0 Å². The van der Waals surface area contributed by atoms with E-state index in [-0.39, 0.29) is 0 Å². The predicted octanol–water partition coefficient (Wildman–Crippen LogP) is 3.45. The minimum Gasteiger partial charge on any atom is -0.320 e. The number of hydrogen-bond donors (Lipinski definition) is 1. The van der Waals surface area contributed by atoms with Gasteiger partial charge < -0.3 is 5.32 Å². The quantitative estimate of drug-likeness (QED) is 0.671. The van der Waals surface area contributed by atoms with Crippen LogP contribution in [0.15, 0.2) is 0 Å². The third-order valence-electron chi connectivity index (χ3n) is 1.98. The summed E-state index contributed by atoms with van der Waals surface area (Å²) in [6.07, 6.45) is 3.93. The standard InChI is InChI=1S/C9H21N.C2H6/c1-5-6-9(2,3)7-8-10-4;1-2/h10H,5-8H2,1-4H3;1-2H3. The summed E-state index contributed by atoms with van der Waals surface area (Å²) in [4.78, 5) is 0. The molecule has 0 aromatic carbocycles. The first-order valence-corrected chi connectivity index (χ1v) is 5.27. The summed E-state index contributed by atoms with van der Waals surface area (Å²) >= 11 is 0. The van der Waals surface area contributed by atoms with Crippen LogP contribution in [0.3, 0.4) is 0 Å². The van der Waals surface area contributed by atoms with Gasteiger partial charge >= 0.3 is 0 Å². The molecule has 1 N–H and O–H groups in total. The van der Waals surface area contributed by atoms with Crippen LogP contribution in [0.1, 0.15) is 53.9 Å². The van der Waals surface area contributed by atoms with Gasteiger partial charge in [-0.3, -0.25) is 0 Å². The van der Waals surface area contributed by atoms with Crippen LogP contribution in [0.5, 0.6) is 0 Å². The Bertz CT molecular complexity index is 77.1. The summed E-state index contributed by atoms with van der Waals surface area (Å²) in [5, 5.41) is 3.18. The van der Waals surface area contributed by atoms with Crippen LogP contribution < -0.4 is 5.32 Å². The van der Waals surface area contributed by atoms with Crippen molar-refractivity contribution in [2.24, 2.45) is 5.41 Å². The Morgan fingerprint density at radius 3 is 1.92 bits per heavy atom. The molecule has 0 aliphatic carbocycles. The van der Waals surface area contributed by atoms with Crippen LogP contribution in [0.4, 0.5) is 0 Å². The molecule has 0 saturated carbocycles. The maximum absolute atomic E-state index is 3.18. The van der Waals surface area contributed by atoms with Gasteiger partial charge in [0.1, 0.15) is 0 Å². The van der Waals surface area contributed by atoms with Crippen molar-refractivity contribution in [2.45, 2.75) is 53.9 Å². The van der Waals surface area contributed by atoms with E-state index in [9.17, 15) is 0 Å². The maximum atomic E-state index is 3.18. The Kier molecular flexibility index (Phi) is 10.9. The summed E-state index contributed by atoms with van der Waals surface area (Å²) in [6.45, 7) is 12.1. The third kappa shape index (κ3) is 9.96. The first-order chi connectivity index (χ1) is 5.62. The molecule has 0 heterocycles. The Balaban J connectivity index is 0. The van der Waals surface area contributed by atoms with Crippen molar-refractivity contribution in [3.05, 3.63) is 0 Å². The van der Waals surface area contributed by atoms with Crippen LogP contribution in [0, 0.1) is 5.41 Å². The van der Waals surface area contributed by atoms with E-state index < -0.39 is 0 Å². The second-order valence-corrected chi connectivity index (χ2v) is 3.77. The molecule has 1 nitrogen and oxygen atoms in total. The van der Waals surface area contributed by atoms with E-state index in [0.29, 0.717) is 5.41 Å². The summed E-state index contributed by atoms with van der Waals surface area (Å²) < 4.78 is 0. The number of nitrogens with one attached hydrogen (secondary N) is 1. The number of rotatable bonds is 5. The average molecular weight is 173 g/mol. The minimum atomic E-state index is 0.539. The molecule has 0 unspecified atom stereocenters. The van der Waals surface area contributed by atoms with Gasteiger partial charge in [0.15, 0.2) is 0 Å². The first-order valence-electron chi connectivity index (χ1n) is 5.27. The third-order valence-corrected chi connectivity index (χ3v) is 1.98. The Labute approximate surface area is 78.9 Å². The van der Waals surface area contributed by atoms with E-state index in [1.165, 1.54) is 19.3 Å². The molecule has 0 rings (SSSR count). The fourth-order valence-corrected chi connectivity index (χ4v) is 1.27. The molecule has 0 fully saturated rings. The van der Waals surface area contributed by atoms with Gasteiger partial charge in [0.2, 0.25) is 0 Å². The summed E-state index contributed by atoms with van der Waals surface area (Å²) in [7, 11) is 2.02. The molecule has 0 amide bonds. The highest BCUT2D eigenvalue weighted by molar-refractivity contribution is 4.68. The van der Waals surface area contributed by atoms with Gasteiger partial charge in [0.05, 0.1) is 0 Å². The molecule has 0 atom stereocenters. The smallest absolute Gasteiger partial charge is 0.00468 e. The largest absolute Gasteiger partial charge is 0.320 e. The number of hydrogen-bond acceptors (Lipinski definition) is 1. The normalized spacial score (nSPS) is 10.5. The fourth-order valence-electron chi connectivity index (χ4n) is 1.27. The Morgan fingerprint density at radius 2 is 1.58 bits per heavy atom. The maximum Gasteiger partial charge on any atom is -0.00468 e. The molecular weight excluding hydrogens is 146 g/mol. The van der Waals surface area contributed by atoms with Crippen LogP contribution in [0.2, 0.25) is 0 Å². The van der Waals surface area contributed by atoms with Crippen LogP contribution >= 0.6 is 0 Å². The summed E-state index contributed by atoms with van der Waals surface area (Å²) in [5.41, 5.74) is 0.539. The lowest BCUT2D eigenvalue weighted by atomic mass is 9.85. The second-order valence-electron chi connectivity index (χ2n) is 3.77. The zero-order valence-electron chi connectivity index (χ0n) is 9.83. The molecule has 12 heavy (non-hydrogen) atoms. The summed E-state index contributed by atoms with van der Waals surface area (Å²) in [6, 6.07) is 0. The van der Waals surface area contributed by atoms with Crippen molar-refractivity contribution in [1.82, 2.24) is 5.32 Å². The minimum absolute atomic E-state index is 0.539. The summed E-state index contributed by atoms with van der Waals surface area (Å²) in [5.74, 6) is 0. The van der Waals surface area contributed by atoms with E-state index in [0.717, 1.165) is 6.54 Å². The molecule has 0 spiro atoms. The molecule has 0 saturated heterocycles. The molecule has 76 valence electrons. The van der Waals surface area contributed by atoms with Gasteiger partial charge in [-0.2, -0.15) is 0 Å². The van der Waals surface area contributed by atoms with E-state index in [2.05, 4.69) is 26.1 Å². The van der Waals surface area contributed by atoms with E-state index >= 15 is 0 Å². The molecule has 1 heteroatoms. The van der Waals surface area contributed by atoms with Crippen LogP contribution in [-0.2, 0) is 0 Å². The van der Waals surface area contributed by atoms with Gasteiger partial charge in [-0.25, -0.2) is 0 Å². The van der Waals surface area contributed by atoms with Gasteiger partial charge in [-0.15, -0.1) is 0 Å².